The van der Waals surface area contributed by atoms with Gasteiger partial charge in [-0.15, -0.1) is 0 Å². The van der Waals surface area contributed by atoms with Gasteiger partial charge in [-0.05, 0) is 69.3 Å². The quantitative estimate of drug-likeness (QED) is 0.894. The van der Waals surface area contributed by atoms with Crippen molar-refractivity contribution >= 4 is 5.69 Å². The molecule has 0 aromatic heterocycles. The average molecular weight is 258 g/mol. The molecule has 2 unspecified atom stereocenters. The normalized spacial score (nSPS) is 29.8. The van der Waals surface area contributed by atoms with Crippen LogP contribution in [-0.4, -0.2) is 24.7 Å². The lowest BCUT2D eigenvalue weighted by atomic mass is 9.96. The van der Waals surface area contributed by atoms with Crippen LogP contribution in [0.15, 0.2) is 18.2 Å². The van der Waals surface area contributed by atoms with E-state index in [-0.39, 0.29) is 0 Å². The third-order valence-electron chi connectivity index (χ3n) is 4.73. The van der Waals surface area contributed by atoms with E-state index in [1.165, 1.54) is 42.5 Å². The van der Waals surface area contributed by atoms with Gasteiger partial charge in [0, 0.05) is 23.8 Å². The van der Waals surface area contributed by atoms with Gasteiger partial charge in [-0.1, -0.05) is 13.0 Å². The number of nitrogens with zero attached hydrogens (tertiary/aromatic N) is 1. The second kappa shape index (κ2) is 5.16. The fourth-order valence-corrected chi connectivity index (χ4v) is 4.15. The van der Waals surface area contributed by atoms with E-state index in [4.69, 9.17) is 0 Å². The molecule has 2 bridgehead atoms. The molecule has 1 aromatic rings. The summed E-state index contributed by atoms with van der Waals surface area (Å²) in [6.45, 7) is 7.75. The second-order valence-corrected chi connectivity index (χ2v) is 6.36. The van der Waals surface area contributed by atoms with Crippen LogP contribution in [0.3, 0.4) is 0 Å². The number of hydrogen-bond acceptors (Lipinski definition) is 2. The van der Waals surface area contributed by atoms with Gasteiger partial charge in [0.05, 0.1) is 0 Å². The molecular weight excluding hydrogens is 232 g/mol. The Balaban J connectivity index is 1.83. The summed E-state index contributed by atoms with van der Waals surface area (Å²) < 4.78 is 0. The Bertz CT molecular complexity index is 420. The highest BCUT2D eigenvalue weighted by Crippen LogP contribution is 2.39. The van der Waals surface area contributed by atoms with Crippen molar-refractivity contribution in [3.05, 3.63) is 29.3 Å². The van der Waals surface area contributed by atoms with Crippen molar-refractivity contribution in [1.82, 2.24) is 5.32 Å². The number of fused-ring (bicyclic) bond motifs is 2. The van der Waals surface area contributed by atoms with Crippen molar-refractivity contribution < 1.29 is 0 Å². The molecule has 2 heterocycles. The summed E-state index contributed by atoms with van der Waals surface area (Å²) in [5.41, 5.74) is 4.24. The summed E-state index contributed by atoms with van der Waals surface area (Å²) in [7, 11) is 0. The van der Waals surface area contributed by atoms with Crippen molar-refractivity contribution in [3.8, 4) is 0 Å². The van der Waals surface area contributed by atoms with E-state index >= 15 is 0 Å². The van der Waals surface area contributed by atoms with Crippen LogP contribution >= 0.6 is 0 Å². The molecule has 2 saturated heterocycles. The minimum Gasteiger partial charge on any atom is -0.365 e. The molecule has 19 heavy (non-hydrogen) atoms. The smallest absolute Gasteiger partial charge is 0.0376 e. The van der Waals surface area contributed by atoms with Gasteiger partial charge in [-0.25, -0.2) is 0 Å². The molecule has 2 aliphatic heterocycles. The molecule has 0 radical (unpaired) electrons. The molecule has 1 N–H and O–H groups in total. The monoisotopic (exact) mass is 258 g/mol. The zero-order chi connectivity index (χ0) is 13.4. The van der Waals surface area contributed by atoms with E-state index in [0.717, 1.165) is 24.7 Å². The number of anilines is 1. The lowest BCUT2D eigenvalue weighted by molar-refractivity contribution is 0.361. The van der Waals surface area contributed by atoms with Gasteiger partial charge in [0.1, 0.15) is 0 Å². The molecule has 104 valence electrons. The lowest BCUT2D eigenvalue weighted by Gasteiger charge is -2.41. The topological polar surface area (TPSA) is 15.3 Å². The van der Waals surface area contributed by atoms with E-state index in [9.17, 15) is 0 Å². The van der Waals surface area contributed by atoms with Gasteiger partial charge in [0.15, 0.2) is 0 Å². The van der Waals surface area contributed by atoms with E-state index < -0.39 is 0 Å². The summed E-state index contributed by atoms with van der Waals surface area (Å²) in [6.07, 6.45) is 5.38. The standard InChI is InChI=1S/C17H26N2/c1-4-18-14-10-15-5-6-16(11-14)19(15)17-8-12(2)7-13(3)9-17/h7-9,14-16,18H,4-6,10-11H2,1-3H3. The maximum absolute atomic E-state index is 3.65. The zero-order valence-corrected chi connectivity index (χ0v) is 12.4. The van der Waals surface area contributed by atoms with Gasteiger partial charge >= 0.3 is 0 Å². The molecular formula is C17H26N2. The summed E-state index contributed by atoms with van der Waals surface area (Å²) in [4.78, 5) is 2.72. The van der Waals surface area contributed by atoms with Crippen molar-refractivity contribution in [1.29, 1.82) is 0 Å². The Kier molecular flexibility index (Phi) is 3.53. The molecule has 0 amide bonds. The van der Waals surface area contributed by atoms with Gasteiger partial charge < -0.3 is 10.2 Å². The predicted octanol–water partition coefficient (Wildman–Crippen LogP) is 3.41. The van der Waals surface area contributed by atoms with E-state index in [2.05, 4.69) is 49.2 Å². The van der Waals surface area contributed by atoms with Crippen LogP contribution in [0.2, 0.25) is 0 Å². The molecule has 2 aliphatic rings. The Labute approximate surface area is 117 Å². The third kappa shape index (κ3) is 2.51. The zero-order valence-electron chi connectivity index (χ0n) is 12.4. The van der Waals surface area contributed by atoms with Crippen molar-refractivity contribution in [2.24, 2.45) is 0 Å². The first-order valence-corrected chi connectivity index (χ1v) is 7.77. The lowest BCUT2D eigenvalue weighted by Crippen LogP contribution is -2.49. The van der Waals surface area contributed by atoms with Gasteiger partial charge in [-0.3, -0.25) is 0 Å². The summed E-state index contributed by atoms with van der Waals surface area (Å²) in [5, 5.41) is 3.65. The molecule has 0 aliphatic carbocycles. The fourth-order valence-electron chi connectivity index (χ4n) is 4.15. The molecule has 2 nitrogen and oxygen atoms in total. The van der Waals surface area contributed by atoms with Gasteiger partial charge in [-0.2, -0.15) is 0 Å². The highest BCUT2D eigenvalue weighted by Gasteiger charge is 2.40. The Morgan fingerprint density at radius 3 is 2.16 bits per heavy atom. The van der Waals surface area contributed by atoms with Crippen LogP contribution in [0.1, 0.15) is 43.7 Å². The summed E-state index contributed by atoms with van der Waals surface area (Å²) in [5.74, 6) is 0. The predicted molar refractivity (Wildman–Crippen MR) is 81.9 cm³/mol. The Hall–Kier alpha value is -1.02. The molecule has 0 spiro atoms. The van der Waals surface area contributed by atoms with Crippen LogP contribution in [-0.2, 0) is 0 Å². The Morgan fingerprint density at radius 1 is 1.05 bits per heavy atom. The molecule has 1 aromatic carbocycles. The number of benzene rings is 1. The van der Waals surface area contributed by atoms with E-state index in [1.807, 2.05) is 0 Å². The van der Waals surface area contributed by atoms with Crippen LogP contribution in [0.25, 0.3) is 0 Å². The van der Waals surface area contributed by atoms with Crippen LogP contribution in [0.4, 0.5) is 5.69 Å². The first-order valence-electron chi connectivity index (χ1n) is 7.77. The highest BCUT2D eigenvalue weighted by molar-refractivity contribution is 5.54. The number of nitrogens with one attached hydrogen (secondary N) is 1. The molecule has 2 fully saturated rings. The molecule has 2 heteroatoms. The SMILES string of the molecule is CCNC1CC2CCC(C1)N2c1cc(C)cc(C)c1. The van der Waals surface area contributed by atoms with Gasteiger partial charge in [0.2, 0.25) is 0 Å². The minimum absolute atomic E-state index is 0.740. The van der Waals surface area contributed by atoms with Crippen molar-refractivity contribution in [2.45, 2.75) is 64.6 Å². The molecule has 3 rings (SSSR count). The van der Waals surface area contributed by atoms with Crippen LogP contribution in [0.5, 0.6) is 0 Å². The first-order chi connectivity index (χ1) is 9.17. The fraction of sp³-hybridized carbons (Fsp3) is 0.647. The average Bonchev–Trinajstić information content (AvgIpc) is 2.60. The van der Waals surface area contributed by atoms with Crippen LogP contribution in [0, 0.1) is 13.8 Å². The van der Waals surface area contributed by atoms with E-state index in [1.54, 1.807) is 0 Å². The molecule has 0 saturated carbocycles. The maximum atomic E-state index is 3.65. The highest BCUT2D eigenvalue weighted by atomic mass is 15.2. The second-order valence-electron chi connectivity index (χ2n) is 6.36. The number of hydrogen-bond donors (Lipinski definition) is 1. The van der Waals surface area contributed by atoms with Crippen LogP contribution < -0.4 is 10.2 Å². The Morgan fingerprint density at radius 2 is 1.63 bits per heavy atom. The molecule has 2 atom stereocenters. The number of aryl methyl sites for hydroxylation is 2. The minimum atomic E-state index is 0.740. The number of rotatable bonds is 3. The van der Waals surface area contributed by atoms with Crippen molar-refractivity contribution in [3.63, 3.8) is 0 Å². The summed E-state index contributed by atoms with van der Waals surface area (Å²) in [6, 6.07) is 9.26. The summed E-state index contributed by atoms with van der Waals surface area (Å²) >= 11 is 0. The van der Waals surface area contributed by atoms with E-state index in [0.29, 0.717) is 0 Å². The van der Waals surface area contributed by atoms with Crippen molar-refractivity contribution in [2.75, 3.05) is 11.4 Å². The number of piperidine rings is 1. The third-order valence-corrected chi connectivity index (χ3v) is 4.73. The maximum Gasteiger partial charge on any atom is 0.0376 e. The van der Waals surface area contributed by atoms with Gasteiger partial charge in [0.25, 0.3) is 0 Å². The largest absolute Gasteiger partial charge is 0.365 e. The first kappa shape index (κ1) is 13.0.